The van der Waals surface area contributed by atoms with Gasteiger partial charge in [0, 0.05) is 5.54 Å². The van der Waals surface area contributed by atoms with Gasteiger partial charge in [0.2, 0.25) is 0 Å². The lowest BCUT2D eigenvalue weighted by Crippen LogP contribution is -2.61. The summed E-state index contributed by atoms with van der Waals surface area (Å²) < 4.78 is 5.48. The number of esters is 1. The molecule has 4 bridgehead atoms. The van der Waals surface area contributed by atoms with Crippen LogP contribution in [0, 0.1) is 23.7 Å². The van der Waals surface area contributed by atoms with Crippen LogP contribution in [0.2, 0.25) is 0 Å². The molecule has 1 amide bonds. The average molecular weight is 331 g/mol. The second-order valence-electron chi connectivity index (χ2n) is 8.75. The number of hydrogen-bond acceptors (Lipinski definition) is 3. The van der Waals surface area contributed by atoms with Gasteiger partial charge < -0.3 is 10.1 Å². The Kier molecular flexibility index (Phi) is 4.17. The highest BCUT2D eigenvalue weighted by Crippen LogP contribution is 2.55. The standard InChI is InChI=1S/C20H29NO3/c1-13(24-19(23)17-5-3-2-4-6-17)18(22)21-20-10-14-7-15(11-20)9-16(8-14)12-20/h2-3,13-17H,4-12H2,1H3,(H,21,22)/t13-,14?,15?,16?,17+,20?/m1/s1. The molecule has 0 aliphatic heterocycles. The van der Waals surface area contributed by atoms with Crippen molar-refractivity contribution >= 4 is 11.9 Å². The SMILES string of the molecule is C[C@@H](OC(=O)[C@H]1CC=CCC1)C(=O)NC12CC3CC(CC(C3)C1)C2. The van der Waals surface area contributed by atoms with E-state index in [-0.39, 0.29) is 23.3 Å². The molecule has 132 valence electrons. The van der Waals surface area contributed by atoms with E-state index in [1.54, 1.807) is 6.92 Å². The molecule has 2 atom stereocenters. The summed E-state index contributed by atoms with van der Waals surface area (Å²) in [5.41, 5.74) is -0.0138. The molecule has 24 heavy (non-hydrogen) atoms. The largest absolute Gasteiger partial charge is 0.452 e. The predicted molar refractivity (Wildman–Crippen MR) is 91.1 cm³/mol. The minimum Gasteiger partial charge on any atom is -0.452 e. The Balaban J connectivity index is 1.34. The quantitative estimate of drug-likeness (QED) is 0.635. The van der Waals surface area contributed by atoms with Crippen molar-refractivity contribution in [3.8, 4) is 0 Å². The van der Waals surface area contributed by atoms with E-state index in [1.807, 2.05) is 6.08 Å². The summed E-state index contributed by atoms with van der Waals surface area (Å²) in [6, 6.07) is 0. The monoisotopic (exact) mass is 331 g/mol. The van der Waals surface area contributed by atoms with Crippen LogP contribution in [0.3, 0.4) is 0 Å². The Bertz CT molecular complexity index is 518. The molecule has 4 fully saturated rings. The second kappa shape index (κ2) is 6.20. The van der Waals surface area contributed by atoms with Crippen molar-refractivity contribution in [1.29, 1.82) is 0 Å². The number of rotatable bonds is 4. The van der Waals surface area contributed by atoms with Crippen molar-refractivity contribution in [1.82, 2.24) is 5.32 Å². The Labute approximate surface area is 144 Å². The van der Waals surface area contributed by atoms with Crippen molar-refractivity contribution in [2.75, 3.05) is 0 Å². The van der Waals surface area contributed by atoms with E-state index in [9.17, 15) is 9.59 Å². The molecule has 0 unspecified atom stereocenters. The Morgan fingerprint density at radius 3 is 2.25 bits per heavy atom. The highest BCUT2D eigenvalue weighted by atomic mass is 16.5. The Morgan fingerprint density at radius 2 is 1.71 bits per heavy atom. The second-order valence-corrected chi connectivity index (χ2v) is 8.75. The van der Waals surface area contributed by atoms with E-state index < -0.39 is 6.10 Å². The van der Waals surface area contributed by atoms with Gasteiger partial charge >= 0.3 is 5.97 Å². The Hall–Kier alpha value is -1.32. The first kappa shape index (κ1) is 16.2. The van der Waals surface area contributed by atoms with E-state index >= 15 is 0 Å². The minimum absolute atomic E-state index is 0.0138. The maximum absolute atomic E-state index is 12.6. The third-order valence-corrected chi connectivity index (χ3v) is 6.69. The molecule has 0 aromatic rings. The number of carbonyl (C=O) groups excluding carboxylic acids is 2. The van der Waals surface area contributed by atoms with E-state index in [0.717, 1.165) is 56.3 Å². The van der Waals surface area contributed by atoms with Crippen LogP contribution < -0.4 is 5.32 Å². The van der Waals surface area contributed by atoms with Gasteiger partial charge in [-0.3, -0.25) is 9.59 Å². The van der Waals surface area contributed by atoms with Crippen molar-refractivity contribution in [2.24, 2.45) is 23.7 Å². The summed E-state index contributed by atoms with van der Waals surface area (Å²) in [5, 5.41) is 3.30. The molecule has 0 aromatic carbocycles. The molecule has 0 saturated heterocycles. The summed E-state index contributed by atoms with van der Waals surface area (Å²) in [5.74, 6) is 1.99. The maximum atomic E-state index is 12.6. The zero-order valence-electron chi connectivity index (χ0n) is 14.6. The van der Waals surface area contributed by atoms with E-state index in [2.05, 4.69) is 11.4 Å². The lowest BCUT2D eigenvalue weighted by Gasteiger charge is -2.57. The van der Waals surface area contributed by atoms with Crippen LogP contribution in [-0.4, -0.2) is 23.5 Å². The topological polar surface area (TPSA) is 55.4 Å². The van der Waals surface area contributed by atoms with Gasteiger partial charge in [-0.25, -0.2) is 0 Å². The average Bonchev–Trinajstić information content (AvgIpc) is 2.53. The highest BCUT2D eigenvalue weighted by molar-refractivity contribution is 5.84. The van der Waals surface area contributed by atoms with Crippen molar-refractivity contribution < 1.29 is 14.3 Å². The molecular formula is C20H29NO3. The normalized spacial score (nSPS) is 41.0. The fourth-order valence-electron chi connectivity index (χ4n) is 5.96. The summed E-state index contributed by atoms with van der Waals surface area (Å²) in [4.78, 5) is 24.9. The third kappa shape index (κ3) is 3.12. The van der Waals surface area contributed by atoms with Crippen LogP contribution in [0.1, 0.15) is 64.7 Å². The smallest absolute Gasteiger partial charge is 0.310 e. The first-order valence-corrected chi connectivity index (χ1v) is 9.70. The summed E-state index contributed by atoms with van der Waals surface area (Å²) >= 11 is 0. The van der Waals surface area contributed by atoms with Crippen molar-refractivity contribution in [2.45, 2.75) is 76.4 Å². The molecule has 0 heterocycles. The lowest BCUT2D eigenvalue weighted by molar-refractivity contribution is -0.160. The number of hydrogen-bond donors (Lipinski definition) is 1. The van der Waals surface area contributed by atoms with Crippen LogP contribution >= 0.6 is 0 Å². The molecule has 5 aliphatic carbocycles. The number of amides is 1. The van der Waals surface area contributed by atoms with Gasteiger partial charge in [-0.2, -0.15) is 0 Å². The summed E-state index contributed by atoms with van der Waals surface area (Å²) in [7, 11) is 0. The van der Waals surface area contributed by atoms with Crippen molar-refractivity contribution in [3.63, 3.8) is 0 Å². The van der Waals surface area contributed by atoms with Gasteiger partial charge in [-0.15, -0.1) is 0 Å². The van der Waals surface area contributed by atoms with E-state index in [1.165, 1.54) is 19.3 Å². The fourth-order valence-corrected chi connectivity index (χ4v) is 5.96. The number of carbonyl (C=O) groups is 2. The fraction of sp³-hybridized carbons (Fsp3) is 0.800. The number of ether oxygens (including phenoxy) is 1. The zero-order chi connectivity index (χ0) is 16.7. The first-order valence-electron chi connectivity index (χ1n) is 9.70. The minimum atomic E-state index is -0.684. The van der Waals surface area contributed by atoms with Crippen molar-refractivity contribution in [3.05, 3.63) is 12.2 Å². The molecule has 4 nitrogen and oxygen atoms in total. The highest BCUT2D eigenvalue weighted by Gasteiger charge is 2.51. The zero-order valence-corrected chi connectivity index (χ0v) is 14.6. The van der Waals surface area contributed by atoms with Crippen LogP contribution in [0.4, 0.5) is 0 Å². The molecule has 0 aromatic heterocycles. The van der Waals surface area contributed by atoms with Gasteiger partial charge in [0.1, 0.15) is 0 Å². The van der Waals surface area contributed by atoms with Gasteiger partial charge in [0.05, 0.1) is 5.92 Å². The molecule has 4 saturated carbocycles. The molecule has 0 spiro atoms. The van der Waals surface area contributed by atoms with Gasteiger partial charge in [0.25, 0.3) is 5.91 Å². The molecule has 1 N–H and O–H groups in total. The third-order valence-electron chi connectivity index (χ3n) is 6.69. The molecule has 5 aliphatic rings. The number of allylic oxidation sites excluding steroid dienone is 2. The van der Waals surface area contributed by atoms with Crippen LogP contribution in [0.25, 0.3) is 0 Å². The first-order chi connectivity index (χ1) is 11.5. The molecule has 5 rings (SSSR count). The summed E-state index contributed by atoms with van der Waals surface area (Å²) in [6.45, 7) is 1.71. The van der Waals surface area contributed by atoms with Crippen LogP contribution in [-0.2, 0) is 14.3 Å². The van der Waals surface area contributed by atoms with E-state index in [0.29, 0.717) is 0 Å². The molecule has 0 radical (unpaired) electrons. The number of nitrogens with one attached hydrogen (secondary N) is 1. The van der Waals surface area contributed by atoms with Gasteiger partial charge in [-0.05, 0) is 82.5 Å². The predicted octanol–water partition coefficient (Wildman–Crippen LogP) is 3.36. The van der Waals surface area contributed by atoms with Crippen LogP contribution in [0.15, 0.2) is 12.2 Å². The van der Waals surface area contributed by atoms with Crippen LogP contribution in [0.5, 0.6) is 0 Å². The lowest BCUT2D eigenvalue weighted by atomic mass is 9.53. The summed E-state index contributed by atoms with van der Waals surface area (Å²) in [6.07, 6.45) is 13.4. The Morgan fingerprint density at radius 1 is 1.08 bits per heavy atom. The van der Waals surface area contributed by atoms with Gasteiger partial charge in [0.15, 0.2) is 6.10 Å². The van der Waals surface area contributed by atoms with E-state index in [4.69, 9.17) is 4.74 Å². The van der Waals surface area contributed by atoms with Gasteiger partial charge in [-0.1, -0.05) is 12.2 Å². The molecule has 4 heteroatoms. The molecular weight excluding hydrogens is 302 g/mol. The maximum Gasteiger partial charge on any atom is 0.310 e.